The molecule has 3 heterocycles. The summed E-state index contributed by atoms with van der Waals surface area (Å²) < 4.78 is 30.4. The second kappa shape index (κ2) is 28.2. The van der Waals surface area contributed by atoms with E-state index in [-0.39, 0.29) is 30.0 Å². The van der Waals surface area contributed by atoms with Gasteiger partial charge in [-0.05, 0) is 103 Å². The lowest BCUT2D eigenvalue weighted by Crippen LogP contribution is -2.37. The molecule has 74 heavy (non-hydrogen) atoms. The molecule has 1 fully saturated rings. The SMILES string of the molecule is CCCCCCOC1=NC(Oc2ccc(C(C)(C)c3ccc(Oc4nc(OCCCCCC)nc(OCCCCCC)n4)cc3)cc2)=NC2C(=O)N(c3ccc(Cc4ccc(CCCCCC)cc4)cc3)C(=O)C12. The summed E-state index contributed by atoms with van der Waals surface area (Å²) in [6.07, 6.45) is 19.3. The number of aromatic nitrogens is 3. The molecule has 0 radical (unpaired) electrons. The number of amidine groups is 1. The molecule has 13 nitrogen and oxygen atoms in total. The molecule has 0 N–H and O–H groups in total. The smallest absolute Gasteiger partial charge is 0.331 e. The van der Waals surface area contributed by atoms with Crippen LogP contribution in [0.2, 0.25) is 0 Å². The van der Waals surface area contributed by atoms with Crippen LogP contribution in [0.4, 0.5) is 5.69 Å². The van der Waals surface area contributed by atoms with Crippen molar-refractivity contribution in [1.29, 1.82) is 0 Å². The zero-order valence-electron chi connectivity index (χ0n) is 44.8. The molecule has 2 unspecified atom stereocenters. The largest absolute Gasteiger partial charge is 0.480 e. The highest BCUT2D eigenvalue weighted by molar-refractivity contribution is 6.30. The van der Waals surface area contributed by atoms with Gasteiger partial charge in [0, 0.05) is 5.41 Å². The van der Waals surface area contributed by atoms with Gasteiger partial charge in [0.25, 0.3) is 5.91 Å². The van der Waals surface area contributed by atoms with Crippen LogP contribution in [0.15, 0.2) is 107 Å². The van der Waals surface area contributed by atoms with Crippen LogP contribution in [0, 0.1) is 5.92 Å². The minimum absolute atomic E-state index is 0.0303. The molecule has 2 amide bonds. The number of hydrogen-bond donors (Lipinski definition) is 0. The Balaban J connectivity index is 1.00. The summed E-state index contributed by atoms with van der Waals surface area (Å²) in [7, 11) is 0. The standard InChI is InChI=1S/C61H78N6O7/c1-7-11-15-19-23-44-24-26-45(27-25-44)43-46-28-34-49(35-29-46)67-55(68)52-53(56(67)69)62-59(63-54(52)70-40-20-16-12-8-2)73-50-36-30-47(31-37-50)61(5,6)48-32-38-51(39-33-48)74-60-65-57(71-41-21-17-13-9-3)64-58(66-60)72-42-22-18-14-10-4/h24-39,52-53H,7-23,40-43H2,1-6H3. The maximum absolute atomic E-state index is 14.2. The fraction of sp³-hybridized carbons (Fsp3) is 0.492. The predicted octanol–water partition coefficient (Wildman–Crippen LogP) is 13.9. The Labute approximate surface area is 439 Å². The zero-order valence-corrected chi connectivity index (χ0v) is 44.8. The number of rotatable bonds is 30. The van der Waals surface area contributed by atoms with E-state index in [4.69, 9.17) is 23.7 Å². The van der Waals surface area contributed by atoms with E-state index >= 15 is 0 Å². The molecule has 0 aliphatic carbocycles. The lowest BCUT2D eigenvalue weighted by molar-refractivity contribution is -0.121. The number of aliphatic imine (C=N–C) groups is 2. The number of ether oxygens (including phenoxy) is 5. The normalized spacial score (nSPS) is 15.4. The highest BCUT2D eigenvalue weighted by Gasteiger charge is 2.54. The summed E-state index contributed by atoms with van der Waals surface area (Å²) in [6, 6.07) is 31.4. The summed E-state index contributed by atoms with van der Waals surface area (Å²) in [4.78, 5) is 52.2. The van der Waals surface area contributed by atoms with E-state index in [0.717, 1.165) is 107 Å². The number of benzene rings is 4. The Bertz CT molecular complexity index is 2570. The summed E-state index contributed by atoms with van der Waals surface area (Å²) in [5.41, 5.74) is 5.82. The van der Waals surface area contributed by atoms with Gasteiger partial charge in [-0.3, -0.25) is 9.59 Å². The summed E-state index contributed by atoms with van der Waals surface area (Å²) in [5, 5.41) is 0. The Kier molecular flexibility index (Phi) is 21.0. The van der Waals surface area contributed by atoms with Crippen molar-refractivity contribution >= 4 is 29.4 Å². The third-order valence-corrected chi connectivity index (χ3v) is 13.8. The van der Waals surface area contributed by atoms with Gasteiger partial charge in [-0.15, -0.1) is 15.0 Å². The fourth-order valence-electron chi connectivity index (χ4n) is 9.19. The first kappa shape index (κ1) is 55.1. The first-order valence-electron chi connectivity index (χ1n) is 27.5. The highest BCUT2D eigenvalue weighted by Crippen LogP contribution is 2.36. The quantitative estimate of drug-likeness (QED) is 0.0322. The number of imide groups is 1. The predicted molar refractivity (Wildman–Crippen MR) is 293 cm³/mol. The van der Waals surface area contributed by atoms with E-state index in [2.05, 4.69) is 90.7 Å². The van der Waals surface area contributed by atoms with Crippen LogP contribution in [-0.4, -0.2) is 64.5 Å². The molecule has 1 aromatic heterocycles. The molecule has 0 spiro atoms. The highest BCUT2D eigenvalue weighted by atomic mass is 16.5. The molecule has 394 valence electrons. The third-order valence-electron chi connectivity index (χ3n) is 13.8. The number of anilines is 1. The average molecular weight is 1010 g/mol. The number of carbonyl (C=O) groups is 2. The van der Waals surface area contributed by atoms with E-state index in [9.17, 15) is 9.59 Å². The van der Waals surface area contributed by atoms with Crippen LogP contribution in [-0.2, 0) is 32.6 Å². The number of fused-ring (bicyclic) bond motifs is 1. The van der Waals surface area contributed by atoms with E-state index < -0.39 is 29.2 Å². The lowest BCUT2D eigenvalue weighted by Gasteiger charge is -2.26. The van der Waals surface area contributed by atoms with Crippen molar-refractivity contribution < 1.29 is 33.3 Å². The number of carbonyl (C=O) groups excluding carboxylic acids is 2. The first-order valence-corrected chi connectivity index (χ1v) is 27.5. The van der Waals surface area contributed by atoms with Crippen LogP contribution in [0.1, 0.15) is 172 Å². The Morgan fingerprint density at radius 1 is 0.486 bits per heavy atom. The molecule has 5 aromatic rings. The van der Waals surface area contributed by atoms with Gasteiger partial charge in [-0.25, -0.2) is 9.89 Å². The van der Waals surface area contributed by atoms with Crippen LogP contribution in [0.25, 0.3) is 0 Å². The van der Waals surface area contributed by atoms with Crippen molar-refractivity contribution in [2.45, 2.75) is 169 Å². The third kappa shape index (κ3) is 15.5. The molecule has 2 aliphatic heterocycles. The van der Waals surface area contributed by atoms with Gasteiger partial charge in [0.1, 0.15) is 17.4 Å². The van der Waals surface area contributed by atoms with Crippen LogP contribution in [0.5, 0.6) is 29.5 Å². The summed E-state index contributed by atoms with van der Waals surface area (Å²) in [6.45, 7) is 14.4. The first-order chi connectivity index (χ1) is 36.1. The summed E-state index contributed by atoms with van der Waals surface area (Å²) in [5.74, 6) is -0.632. The second-order valence-electron chi connectivity index (χ2n) is 20.1. The number of hydrogen-bond acceptors (Lipinski definition) is 12. The molecule has 7 rings (SSSR count). The maximum atomic E-state index is 14.2. The molecular formula is C61H78N6O7. The molecule has 4 aromatic carbocycles. The maximum Gasteiger partial charge on any atom is 0.331 e. The molecule has 13 heteroatoms. The molecular weight excluding hydrogens is 929 g/mol. The fourth-order valence-corrected chi connectivity index (χ4v) is 9.19. The van der Waals surface area contributed by atoms with E-state index in [1.807, 2.05) is 72.8 Å². The van der Waals surface area contributed by atoms with Gasteiger partial charge in [0.15, 0.2) is 6.04 Å². The minimum Gasteiger partial charge on any atom is -0.480 e. The van der Waals surface area contributed by atoms with E-state index in [1.165, 1.54) is 41.7 Å². The van der Waals surface area contributed by atoms with E-state index in [1.54, 1.807) is 0 Å². The van der Waals surface area contributed by atoms with Crippen LogP contribution in [0.3, 0.4) is 0 Å². The van der Waals surface area contributed by atoms with Gasteiger partial charge < -0.3 is 23.7 Å². The molecule has 1 saturated heterocycles. The van der Waals surface area contributed by atoms with Gasteiger partial charge in [0.05, 0.1) is 25.5 Å². The molecule has 2 atom stereocenters. The Hall–Kier alpha value is -6.63. The van der Waals surface area contributed by atoms with Crippen molar-refractivity contribution in [3.05, 3.63) is 125 Å². The van der Waals surface area contributed by atoms with Crippen molar-refractivity contribution in [2.75, 3.05) is 24.7 Å². The van der Waals surface area contributed by atoms with Crippen molar-refractivity contribution in [3.8, 4) is 29.5 Å². The van der Waals surface area contributed by atoms with E-state index in [0.29, 0.717) is 37.0 Å². The number of nitrogens with zero attached hydrogens (tertiary/aromatic N) is 6. The number of amides is 2. The Morgan fingerprint density at radius 3 is 1.47 bits per heavy atom. The van der Waals surface area contributed by atoms with Gasteiger partial charge >= 0.3 is 24.1 Å². The number of aryl methyl sites for hydroxylation is 1. The monoisotopic (exact) mass is 1010 g/mol. The summed E-state index contributed by atoms with van der Waals surface area (Å²) >= 11 is 0. The van der Waals surface area contributed by atoms with Gasteiger partial charge in [-0.2, -0.15) is 4.99 Å². The number of unbranched alkanes of at least 4 members (excludes halogenated alkanes) is 12. The van der Waals surface area contributed by atoms with Gasteiger partial charge in [-0.1, -0.05) is 179 Å². The topological polar surface area (TPSA) is 147 Å². The minimum atomic E-state index is -1.07. The van der Waals surface area contributed by atoms with Crippen molar-refractivity contribution in [3.63, 3.8) is 0 Å². The van der Waals surface area contributed by atoms with Gasteiger partial charge in [0.2, 0.25) is 11.8 Å². The second-order valence-corrected chi connectivity index (χ2v) is 20.1. The van der Waals surface area contributed by atoms with Crippen molar-refractivity contribution in [2.24, 2.45) is 15.9 Å². The zero-order chi connectivity index (χ0) is 52.1. The molecule has 0 saturated carbocycles. The van der Waals surface area contributed by atoms with Crippen LogP contribution >= 0.6 is 0 Å². The average Bonchev–Trinajstić information content (AvgIpc) is 3.66. The van der Waals surface area contributed by atoms with Crippen molar-refractivity contribution in [1.82, 2.24) is 15.0 Å². The molecule has 0 bridgehead atoms. The van der Waals surface area contributed by atoms with Crippen LogP contribution < -0.4 is 23.8 Å². The Morgan fingerprint density at radius 2 is 0.946 bits per heavy atom. The lowest BCUT2D eigenvalue weighted by atomic mass is 9.78. The molecule has 2 aliphatic rings.